The van der Waals surface area contributed by atoms with Crippen LogP contribution in [0.15, 0.2) is 59.0 Å². The molecule has 0 aliphatic carbocycles. The molecule has 5 nitrogen and oxygen atoms in total. The fourth-order valence-electron chi connectivity index (χ4n) is 2.14. The molecule has 0 saturated carbocycles. The molecule has 0 spiro atoms. The number of benzene rings is 2. The van der Waals surface area contributed by atoms with Gasteiger partial charge in [-0.25, -0.2) is 4.98 Å². The lowest BCUT2D eigenvalue weighted by molar-refractivity contribution is -0.116. The molecule has 0 atom stereocenters. The number of carbonyl (C=O) groups excluding carboxylic acids is 1. The van der Waals surface area contributed by atoms with Crippen LogP contribution in [0.3, 0.4) is 0 Å². The van der Waals surface area contributed by atoms with Crippen molar-refractivity contribution in [3.63, 3.8) is 0 Å². The highest BCUT2D eigenvalue weighted by molar-refractivity contribution is 5.91. The molecule has 1 N–H and O–H groups in total. The summed E-state index contributed by atoms with van der Waals surface area (Å²) in [6.07, 6.45) is 2.96. The van der Waals surface area contributed by atoms with E-state index in [0.29, 0.717) is 18.0 Å². The van der Waals surface area contributed by atoms with E-state index in [9.17, 15) is 4.79 Å². The Kier molecular flexibility index (Phi) is 4.38. The zero-order valence-electron chi connectivity index (χ0n) is 12.7. The highest BCUT2D eigenvalue weighted by Crippen LogP contribution is 2.15. The van der Waals surface area contributed by atoms with Crippen molar-refractivity contribution in [1.29, 1.82) is 0 Å². The molecule has 0 saturated heterocycles. The Hall–Kier alpha value is -3.08. The minimum absolute atomic E-state index is 0.213. The van der Waals surface area contributed by atoms with Crippen LogP contribution in [0.1, 0.15) is 11.5 Å². The Morgan fingerprint density at radius 2 is 2.13 bits per heavy atom. The van der Waals surface area contributed by atoms with Crippen LogP contribution in [-0.2, 0) is 11.3 Å². The van der Waals surface area contributed by atoms with Crippen molar-refractivity contribution in [3.05, 3.63) is 66.1 Å². The zero-order chi connectivity index (χ0) is 16.1. The van der Waals surface area contributed by atoms with Crippen molar-refractivity contribution < 1.29 is 13.9 Å². The molecule has 0 radical (unpaired) electrons. The van der Waals surface area contributed by atoms with Gasteiger partial charge in [-0.1, -0.05) is 24.3 Å². The number of hydrogen-bond acceptors (Lipinski definition) is 4. The molecule has 1 aromatic heterocycles. The second-order valence-corrected chi connectivity index (χ2v) is 4.92. The third-order valence-corrected chi connectivity index (χ3v) is 3.29. The van der Waals surface area contributed by atoms with Crippen molar-refractivity contribution in [2.24, 2.45) is 0 Å². The lowest BCUT2D eigenvalue weighted by atomic mass is 10.2. The lowest BCUT2D eigenvalue weighted by Gasteiger charge is -2.04. The summed E-state index contributed by atoms with van der Waals surface area (Å²) in [6.45, 7) is 0.425. The summed E-state index contributed by atoms with van der Waals surface area (Å²) < 4.78 is 10.7. The van der Waals surface area contributed by atoms with Gasteiger partial charge in [-0.05, 0) is 29.8 Å². The van der Waals surface area contributed by atoms with Gasteiger partial charge in [-0.2, -0.15) is 0 Å². The largest absolute Gasteiger partial charge is 0.497 e. The molecule has 1 amide bonds. The summed E-state index contributed by atoms with van der Waals surface area (Å²) in [7, 11) is 1.61. The van der Waals surface area contributed by atoms with E-state index in [1.54, 1.807) is 13.2 Å². The van der Waals surface area contributed by atoms with Crippen molar-refractivity contribution >= 4 is 23.1 Å². The molecule has 116 valence electrons. The van der Waals surface area contributed by atoms with Gasteiger partial charge in [0, 0.05) is 18.7 Å². The number of ether oxygens (including phenoxy) is 1. The number of nitrogens with one attached hydrogen (secondary N) is 1. The van der Waals surface area contributed by atoms with Crippen molar-refractivity contribution in [3.8, 4) is 5.75 Å². The van der Waals surface area contributed by atoms with Crippen LogP contribution in [0.4, 0.5) is 0 Å². The fraction of sp³-hybridized carbons (Fsp3) is 0.111. The van der Waals surface area contributed by atoms with Gasteiger partial charge < -0.3 is 14.5 Å². The highest BCUT2D eigenvalue weighted by atomic mass is 16.5. The molecule has 3 aromatic rings. The maximum absolute atomic E-state index is 11.9. The van der Waals surface area contributed by atoms with Gasteiger partial charge in [-0.15, -0.1) is 0 Å². The van der Waals surface area contributed by atoms with Crippen LogP contribution >= 0.6 is 0 Å². The summed E-state index contributed by atoms with van der Waals surface area (Å²) in [5.74, 6) is 0.955. The van der Waals surface area contributed by atoms with Gasteiger partial charge >= 0.3 is 0 Å². The minimum atomic E-state index is -0.213. The smallest absolute Gasteiger partial charge is 0.244 e. The molecule has 5 heteroatoms. The number of hydrogen-bond donors (Lipinski definition) is 1. The van der Waals surface area contributed by atoms with Crippen molar-refractivity contribution in [1.82, 2.24) is 10.3 Å². The van der Waals surface area contributed by atoms with Gasteiger partial charge in [0.05, 0.1) is 7.11 Å². The highest BCUT2D eigenvalue weighted by Gasteiger charge is 2.03. The normalized spacial score (nSPS) is 11.0. The number of oxazole rings is 1. The predicted octanol–water partition coefficient (Wildman–Crippen LogP) is 3.17. The summed E-state index contributed by atoms with van der Waals surface area (Å²) in [5.41, 5.74) is 2.43. The predicted molar refractivity (Wildman–Crippen MR) is 87.9 cm³/mol. The zero-order valence-corrected chi connectivity index (χ0v) is 12.7. The van der Waals surface area contributed by atoms with Crippen LogP contribution in [0.5, 0.6) is 5.75 Å². The van der Waals surface area contributed by atoms with Gasteiger partial charge in [0.25, 0.3) is 0 Å². The lowest BCUT2D eigenvalue weighted by Crippen LogP contribution is -2.20. The second kappa shape index (κ2) is 6.79. The maximum Gasteiger partial charge on any atom is 0.244 e. The first kappa shape index (κ1) is 14.8. The number of rotatable bonds is 5. The molecule has 3 rings (SSSR count). The third-order valence-electron chi connectivity index (χ3n) is 3.29. The van der Waals surface area contributed by atoms with Gasteiger partial charge in [0.2, 0.25) is 11.8 Å². The first-order chi connectivity index (χ1) is 11.2. The second-order valence-electron chi connectivity index (χ2n) is 4.92. The molecule has 0 unspecified atom stereocenters. The molecular formula is C18H16N2O3. The van der Waals surface area contributed by atoms with E-state index in [1.807, 2.05) is 48.5 Å². The Balaban J connectivity index is 1.60. The van der Waals surface area contributed by atoms with Crippen LogP contribution in [0.2, 0.25) is 0 Å². The number of fused-ring (bicyclic) bond motifs is 1. The third kappa shape index (κ3) is 3.77. The summed E-state index contributed by atoms with van der Waals surface area (Å²) in [6, 6.07) is 15.0. The quantitative estimate of drug-likeness (QED) is 0.735. The van der Waals surface area contributed by atoms with Gasteiger partial charge in [-0.3, -0.25) is 4.79 Å². The maximum atomic E-state index is 11.9. The van der Waals surface area contributed by atoms with E-state index in [1.165, 1.54) is 6.08 Å². The van der Waals surface area contributed by atoms with E-state index >= 15 is 0 Å². The van der Waals surface area contributed by atoms with Gasteiger partial charge in [0.1, 0.15) is 11.3 Å². The van der Waals surface area contributed by atoms with E-state index in [2.05, 4.69) is 10.3 Å². The molecule has 0 bridgehead atoms. The summed E-state index contributed by atoms with van der Waals surface area (Å²) in [5, 5.41) is 2.80. The van der Waals surface area contributed by atoms with E-state index in [-0.39, 0.29) is 5.91 Å². The number of aromatic nitrogens is 1. The molecule has 0 aliphatic rings. The summed E-state index contributed by atoms with van der Waals surface area (Å²) in [4.78, 5) is 16.1. The first-order valence-electron chi connectivity index (χ1n) is 7.19. The van der Waals surface area contributed by atoms with Crippen LogP contribution in [0, 0.1) is 0 Å². The van der Waals surface area contributed by atoms with Gasteiger partial charge in [0.15, 0.2) is 5.58 Å². The number of methoxy groups -OCH3 is 1. The molecule has 1 heterocycles. The Labute approximate surface area is 133 Å². The average molecular weight is 308 g/mol. The number of carbonyl (C=O) groups is 1. The van der Waals surface area contributed by atoms with E-state index in [4.69, 9.17) is 9.15 Å². The van der Waals surface area contributed by atoms with Crippen LogP contribution < -0.4 is 10.1 Å². The number of nitrogens with zero attached hydrogens (tertiary/aromatic N) is 1. The van der Waals surface area contributed by atoms with Crippen molar-refractivity contribution in [2.45, 2.75) is 6.54 Å². The Morgan fingerprint density at radius 1 is 1.26 bits per heavy atom. The molecule has 0 fully saturated rings. The van der Waals surface area contributed by atoms with Crippen molar-refractivity contribution in [2.75, 3.05) is 7.11 Å². The topological polar surface area (TPSA) is 64.4 Å². The Morgan fingerprint density at radius 3 is 2.96 bits per heavy atom. The standard InChI is InChI=1S/C18H16N2O3/c1-22-14-6-4-5-13(11-14)12-19-17(21)9-10-18-20-15-7-2-3-8-16(15)23-18/h2-11H,12H2,1H3,(H,19,21)/b10-9+. The van der Waals surface area contributed by atoms with E-state index in [0.717, 1.165) is 16.8 Å². The SMILES string of the molecule is COc1cccc(CNC(=O)/C=C/c2nc3ccccc3o2)c1. The fourth-order valence-corrected chi connectivity index (χ4v) is 2.14. The molecule has 2 aromatic carbocycles. The van der Waals surface area contributed by atoms with E-state index < -0.39 is 0 Å². The Bertz CT molecular complexity index is 819. The minimum Gasteiger partial charge on any atom is -0.497 e. The van der Waals surface area contributed by atoms with Crippen LogP contribution in [0.25, 0.3) is 17.2 Å². The first-order valence-corrected chi connectivity index (χ1v) is 7.19. The number of para-hydroxylation sites is 2. The summed E-state index contributed by atoms with van der Waals surface area (Å²) >= 11 is 0. The average Bonchev–Trinajstić information content (AvgIpc) is 3.01. The van der Waals surface area contributed by atoms with Crippen LogP contribution in [-0.4, -0.2) is 18.0 Å². The monoisotopic (exact) mass is 308 g/mol. The number of amides is 1. The molecule has 23 heavy (non-hydrogen) atoms. The molecule has 0 aliphatic heterocycles. The molecular weight excluding hydrogens is 292 g/mol.